The van der Waals surface area contributed by atoms with Crippen molar-refractivity contribution in [1.29, 1.82) is 0 Å². The molecule has 0 unspecified atom stereocenters. The topological polar surface area (TPSA) is 58.9 Å². The van der Waals surface area contributed by atoms with Crippen LogP contribution in [0.1, 0.15) is 0 Å². The van der Waals surface area contributed by atoms with Crippen LogP contribution in [0.4, 0.5) is 0 Å². The largest absolute Gasteiger partial charge is 1.00 e. The van der Waals surface area contributed by atoms with Crippen LogP contribution >= 0.6 is 0 Å². The van der Waals surface area contributed by atoms with E-state index in [4.69, 9.17) is 4.42 Å². The Balaban J connectivity index is 0.000000605. The Morgan fingerprint density at radius 3 is 3.09 bits per heavy atom. The van der Waals surface area contributed by atoms with Crippen molar-refractivity contribution >= 4 is 11.2 Å². The van der Waals surface area contributed by atoms with E-state index >= 15 is 0 Å². The van der Waals surface area contributed by atoms with E-state index in [1.807, 2.05) is 0 Å². The Morgan fingerprint density at radius 2 is 2.36 bits per heavy atom. The molecule has 2 heterocycles. The second kappa shape index (κ2) is 3.21. The predicted octanol–water partition coefficient (Wildman–Crippen LogP) is -2.48. The number of hydrogen-bond donors (Lipinski definition) is 1. The molecule has 11 heavy (non-hydrogen) atoms. The Kier molecular flexibility index (Phi) is 2.49. The van der Waals surface area contributed by atoms with Crippen molar-refractivity contribution in [3.05, 3.63) is 28.9 Å². The number of oxazole rings is 1. The summed E-state index contributed by atoms with van der Waals surface area (Å²) in [5, 5.41) is 0. The molecule has 0 aliphatic heterocycles. The first-order valence-corrected chi connectivity index (χ1v) is 2.80. The van der Waals surface area contributed by atoms with Gasteiger partial charge in [-0.15, -0.1) is 0 Å². The second-order valence-electron chi connectivity index (χ2n) is 1.86. The zero-order valence-corrected chi connectivity index (χ0v) is 8.00. The summed E-state index contributed by atoms with van der Waals surface area (Å²) in [6.45, 7) is 0. The molecule has 0 aliphatic rings. The van der Waals surface area contributed by atoms with Crippen molar-refractivity contribution in [3.63, 3.8) is 0 Å². The average molecular weight is 159 g/mol. The van der Waals surface area contributed by atoms with E-state index in [0.29, 0.717) is 11.2 Å². The maximum atomic E-state index is 10.5. The van der Waals surface area contributed by atoms with Gasteiger partial charge in [0, 0.05) is 6.20 Å². The molecule has 50 valence electrons. The summed E-state index contributed by atoms with van der Waals surface area (Å²) in [4.78, 5) is 16.8. The van der Waals surface area contributed by atoms with Crippen molar-refractivity contribution in [2.45, 2.75) is 0 Å². The molecule has 2 aromatic rings. The van der Waals surface area contributed by atoms with Crippen LogP contribution in [0.15, 0.2) is 27.5 Å². The summed E-state index contributed by atoms with van der Waals surface area (Å²) in [6, 6.07) is 3.39. The van der Waals surface area contributed by atoms with Crippen molar-refractivity contribution in [3.8, 4) is 0 Å². The molecule has 0 saturated carbocycles. The first kappa shape index (κ1) is 8.52. The maximum Gasteiger partial charge on any atom is 1.00 e. The van der Waals surface area contributed by atoms with Gasteiger partial charge in [0.05, 0.1) is 0 Å². The van der Waals surface area contributed by atoms with Gasteiger partial charge in [-0.3, -0.25) is 4.98 Å². The summed E-state index contributed by atoms with van der Waals surface area (Å²) in [7, 11) is 0. The van der Waals surface area contributed by atoms with E-state index in [0.717, 1.165) is 0 Å². The van der Waals surface area contributed by atoms with Gasteiger partial charge in [0.15, 0.2) is 11.2 Å². The molecule has 0 bridgehead atoms. The van der Waals surface area contributed by atoms with Gasteiger partial charge in [-0.1, -0.05) is 0 Å². The number of pyridine rings is 1. The van der Waals surface area contributed by atoms with Gasteiger partial charge >= 0.3 is 35.3 Å². The molecule has 0 fully saturated rings. The molecule has 0 aromatic carbocycles. The molecule has 0 radical (unpaired) electrons. The minimum Gasteiger partial charge on any atom is -0.406 e. The molecular weight excluding hydrogens is 155 g/mol. The van der Waals surface area contributed by atoms with Crippen LogP contribution in [0, 0.1) is 0 Å². The molecule has 5 heteroatoms. The number of nitrogens with one attached hydrogen (secondary N) is 1. The summed E-state index contributed by atoms with van der Waals surface area (Å²) in [5.74, 6) is -0.464. The molecule has 0 aliphatic carbocycles. The van der Waals surface area contributed by atoms with Gasteiger partial charge in [0.1, 0.15) is 0 Å². The van der Waals surface area contributed by atoms with Crippen molar-refractivity contribution in [1.82, 2.24) is 9.97 Å². The third kappa shape index (κ3) is 1.53. The summed E-state index contributed by atoms with van der Waals surface area (Å²) >= 11 is 0. The van der Waals surface area contributed by atoms with Gasteiger partial charge in [-0.2, -0.15) is 0 Å². The third-order valence-electron chi connectivity index (χ3n) is 1.19. The second-order valence-corrected chi connectivity index (χ2v) is 1.86. The Labute approximate surface area is 83.9 Å². The fraction of sp³-hybridized carbons (Fsp3) is 0. The molecule has 2 aromatic heterocycles. The number of hydrogen-bond acceptors (Lipinski definition) is 3. The maximum absolute atomic E-state index is 10.5. The fourth-order valence-corrected chi connectivity index (χ4v) is 0.789. The number of rotatable bonds is 0. The van der Waals surface area contributed by atoms with Crippen molar-refractivity contribution < 1.29 is 34.0 Å². The normalized spacial score (nSPS) is 9.45. The predicted molar refractivity (Wildman–Crippen MR) is 34.6 cm³/mol. The van der Waals surface area contributed by atoms with Crippen molar-refractivity contribution in [2.75, 3.05) is 0 Å². The van der Waals surface area contributed by atoms with E-state index in [-0.39, 0.29) is 29.6 Å². The molecule has 4 nitrogen and oxygen atoms in total. The van der Waals surface area contributed by atoms with Gasteiger partial charge in [0.25, 0.3) is 0 Å². The zero-order valence-electron chi connectivity index (χ0n) is 6.00. The van der Waals surface area contributed by atoms with Gasteiger partial charge in [-0.25, -0.2) is 9.78 Å². The quantitative estimate of drug-likeness (QED) is 0.433. The van der Waals surface area contributed by atoms with Gasteiger partial charge < -0.3 is 4.42 Å². The molecule has 0 spiro atoms. The van der Waals surface area contributed by atoms with Gasteiger partial charge in [-0.05, 0) is 12.1 Å². The minimum atomic E-state index is -0.464. The molecule has 2 rings (SSSR count). The third-order valence-corrected chi connectivity index (χ3v) is 1.19. The van der Waals surface area contributed by atoms with Gasteiger partial charge in [0.2, 0.25) is 0 Å². The summed E-state index contributed by atoms with van der Waals surface area (Å²) in [6.07, 6.45) is 1.59. The van der Waals surface area contributed by atoms with E-state index in [1.165, 1.54) is 0 Å². The van der Waals surface area contributed by atoms with Crippen LogP contribution in [-0.2, 0) is 0 Å². The number of nitrogens with zero attached hydrogens (tertiary/aromatic N) is 1. The van der Waals surface area contributed by atoms with Crippen LogP contribution in [-0.4, -0.2) is 9.97 Å². The molecule has 0 saturated heterocycles. The number of H-pyrrole nitrogens is 1. The summed E-state index contributed by atoms with van der Waals surface area (Å²) < 4.78 is 4.69. The molecule has 1 N–H and O–H groups in total. The van der Waals surface area contributed by atoms with Crippen molar-refractivity contribution in [2.24, 2.45) is 0 Å². The first-order chi connectivity index (χ1) is 4.86. The first-order valence-electron chi connectivity index (χ1n) is 2.80. The number of fused-ring (bicyclic) bond motifs is 1. The van der Waals surface area contributed by atoms with E-state index in [1.54, 1.807) is 18.3 Å². The smallest absolute Gasteiger partial charge is 0.406 e. The van der Waals surface area contributed by atoms with Crippen LogP contribution in [0.3, 0.4) is 0 Å². The molecular formula is C6H4N2NaO2+. The number of aromatic amines is 1. The number of aromatic nitrogens is 2. The fourth-order valence-electron chi connectivity index (χ4n) is 0.789. The Hall–Kier alpha value is -0.580. The van der Waals surface area contributed by atoms with Crippen LogP contribution in [0.25, 0.3) is 11.2 Å². The minimum absolute atomic E-state index is 0. The Morgan fingerprint density at radius 1 is 1.55 bits per heavy atom. The van der Waals surface area contributed by atoms with E-state index in [9.17, 15) is 4.79 Å². The standard InChI is InChI=1S/C6H4N2O2.Na/c9-6-8-5-4(10-6)2-1-3-7-5;/h1-3H,(H,7,8,9);/q;+1. The summed E-state index contributed by atoms with van der Waals surface area (Å²) in [5.41, 5.74) is 0.986. The van der Waals surface area contributed by atoms with Crippen LogP contribution in [0.2, 0.25) is 0 Å². The molecule has 0 amide bonds. The zero-order chi connectivity index (χ0) is 6.97. The molecule has 0 atom stereocenters. The average Bonchev–Trinajstić information content (AvgIpc) is 2.27. The Bertz CT molecular complexity index is 370. The van der Waals surface area contributed by atoms with E-state index in [2.05, 4.69) is 9.97 Å². The van der Waals surface area contributed by atoms with Crippen LogP contribution < -0.4 is 35.3 Å². The van der Waals surface area contributed by atoms with E-state index < -0.39 is 5.76 Å². The monoisotopic (exact) mass is 159 g/mol. The SMILES string of the molecule is O=c1[nH]c2ncccc2o1.[Na+]. The van der Waals surface area contributed by atoms with Crippen LogP contribution in [0.5, 0.6) is 0 Å².